The normalized spacial score (nSPS) is 22.7. The summed E-state index contributed by atoms with van der Waals surface area (Å²) in [7, 11) is 0. The highest BCUT2D eigenvalue weighted by Gasteiger charge is 2.48. The van der Waals surface area contributed by atoms with Crippen molar-refractivity contribution < 1.29 is 14.4 Å². The maximum Gasteiger partial charge on any atom is 0.322 e. The van der Waals surface area contributed by atoms with Gasteiger partial charge in [0.25, 0.3) is 11.8 Å². The van der Waals surface area contributed by atoms with E-state index >= 15 is 0 Å². The highest BCUT2D eigenvalue weighted by Crippen LogP contribution is 2.31. The van der Waals surface area contributed by atoms with Gasteiger partial charge >= 0.3 is 6.03 Å². The van der Waals surface area contributed by atoms with E-state index in [1.54, 1.807) is 6.92 Å². The molecule has 6 nitrogen and oxygen atoms in total. The minimum absolute atomic E-state index is 0.00289. The molecular weight excluding hydrogens is 354 g/mol. The first kappa shape index (κ1) is 18.2. The minimum Gasteiger partial charge on any atom is -0.339 e. The van der Waals surface area contributed by atoms with Gasteiger partial charge in [-0.1, -0.05) is 42.5 Å². The van der Waals surface area contributed by atoms with Crippen molar-refractivity contribution >= 4 is 17.8 Å². The second-order valence-electron chi connectivity index (χ2n) is 7.62. The van der Waals surface area contributed by atoms with E-state index in [0.717, 1.165) is 11.1 Å². The number of benzene rings is 2. The molecule has 28 heavy (non-hydrogen) atoms. The molecule has 2 aliphatic heterocycles. The van der Waals surface area contributed by atoms with Gasteiger partial charge in [-0.05, 0) is 48.9 Å². The lowest BCUT2D eigenvalue weighted by molar-refractivity contribution is -0.125. The minimum atomic E-state index is -0.885. The Labute approximate surface area is 163 Å². The molecular formula is C22H23N3O3. The molecule has 0 unspecified atom stereocenters. The maximum absolute atomic E-state index is 12.8. The van der Waals surface area contributed by atoms with Crippen molar-refractivity contribution in [3.63, 3.8) is 0 Å². The summed E-state index contributed by atoms with van der Waals surface area (Å²) in [6.45, 7) is 2.91. The molecule has 2 fully saturated rings. The van der Waals surface area contributed by atoms with Crippen molar-refractivity contribution in [2.45, 2.75) is 25.3 Å². The highest BCUT2D eigenvalue weighted by atomic mass is 16.2. The fourth-order valence-electron chi connectivity index (χ4n) is 4.12. The Bertz CT molecular complexity index is 902. The lowest BCUT2D eigenvalue weighted by Gasteiger charge is -2.38. The van der Waals surface area contributed by atoms with Gasteiger partial charge in [-0.3, -0.25) is 14.9 Å². The first-order chi connectivity index (χ1) is 13.5. The molecule has 0 radical (unpaired) electrons. The van der Waals surface area contributed by atoms with Gasteiger partial charge in [0, 0.05) is 18.7 Å². The zero-order valence-electron chi connectivity index (χ0n) is 15.8. The van der Waals surface area contributed by atoms with Crippen LogP contribution >= 0.6 is 0 Å². The summed E-state index contributed by atoms with van der Waals surface area (Å²) in [5, 5.41) is 5.06. The lowest BCUT2D eigenvalue weighted by atomic mass is 9.79. The van der Waals surface area contributed by atoms with Crippen LogP contribution in [0.1, 0.15) is 30.1 Å². The summed E-state index contributed by atoms with van der Waals surface area (Å²) >= 11 is 0. The van der Waals surface area contributed by atoms with Crippen molar-refractivity contribution in [1.82, 2.24) is 15.5 Å². The van der Waals surface area contributed by atoms with Crippen molar-refractivity contribution in [2.24, 2.45) is 5.92 Å². The van der Waals surface area contributed by atoms with Crippen LogP contribution in [0.3, 0.4) is 0 Å². The van der Waals surface area contributed by atoms with Crippen LogP contribution < -0.4 is 10.6 Å². The van der Waals surface area contributed by atoms with Crippen molar-refractivity contribution in [3.8, 4) is 11.1 Å². The average molecular weight is 377 g/mol. The zero-order valence-corrected chi connectivity index (χ0v) is 15.8. The van der Waals surface area contributed by atoms with E-state index in [2.05, 4.69) is 10.6 Å². The van der Waals surface area contributed by atoms with Gasteiger partial charge in [-0.15, -0.1) is 0 Å². The highest BCUT2D eigenvalue weighted by molar-refractivity contribution is 6.07. The van der Waals surface area contributed by atoms with Gasteiger partial charge in [-0.25, -0.2) is 4.79 Å². The van der Waals surface area contributed by atoms with Gasteiger partial charge in [0.2, 0.25) is 0 Å². The second kappa shape index (κ2) is 7.11. The fourth-order valence-corrected chi connectivity index (χ4v) is 4.12. The Morgan fingerprint density at radius 3 is 2.14 bits per heavy atom. The van der Waals surface area contributed by atoms with Gasteiger partial charge in [0.1, 0.15) is 5.54 Å². The molecule has 2 aromatic carbocycles. The number of nitrogens with zero attached hydrogens (tertiary/aromatic N) is 1. The number of amides is 4. The van der Waals surface area contributed by atoms with Crippen LogP contribution in [0.2, 0.25) is 0 Å². The number of hydrogen-bond donors (Lipinski definition) is 2. The molecule has 144 valence electrons. The first-order valence-corrected chi connectivity index (χ1v) is 9.56. The Kier molecular flexibility index (Phi) is 4.63. The summed E-state index contributed by atoms with van der Waals surface area (Å²) in [4.78, 5) is 38.3. The molecule has 2 saturated heterocycles. The van der Waals surface area contributed by atoms with Crippen LogP contribution in [0, 0.1) is 5.92 Å². The molecule has 2 N–H and O–H groups in total. The molecule has 0 bridgehead atoms. The number of imide groups is 1. The molecule has 0 aromatic heterocycles. The van der Waals surface area contributed by atoms with Crippen LogP contribution in [-0.2, 0) is 4.79 Å². The average Bonchev–Trinajstić information content (AvgIpc) is 3.01. The van der Waals surface area contributed by atoms with Crippen LogP contribution in [-0.4, -0.2) is 41.4 Å². The molecule has 2 aromatic rings. The smallest absolute Gasteiger partial charge is 0.322 e. The van der Waals surface area contributed by atoms with E-state index in [9.17, 15) is 14.4 Å². The van der Waals surface area contributed by atoms with Gasteiger partial charge in [-0.2, -0.15) is 0 Å². The predicted octanol–water partition coefficient (Wildman–Crippen LogP) is 2.80. The summed E-state index contributed by atoms with van der Waals surface area (Å²) in [5.41, 5.74) is 1.97. The number of hydrogen-bond acceptors (Lipinski definition) is 3. The maximum atomic E-state index is 12.8. The van der Waals surface area contributed by atoms with E-state index in [4.69, 9.17) is 0 Å². The van der Waals surface area contributed by atoms with E-state index in [-0.39, 0.29) is 17.7 Å². The van der Waals surface area contributed by atoms with Crippen molar-refractivity contribution in [1.29, 1.82) is 0 Å². The number of carbonyl (C=O) groups is 3. The van der Waals surface area contributed by atoms with Crippen molar-refractivity contribution in [3.05, 3.63) is 60.2 Å². The molecule has 0 spiro atoms. The van der Waals surface area contributed by atoms with E-state index < -0.39 is 11.6 Å². The summed E-state index contributed by atoms with van der Waals surface area (Å²) in [5.74, 6) is -0.259. The van der Waals surface area contributed by atoms with Crippen LogP contribution in [0.4, 0.5) is 4.79 Å². The number of rotatable bonds is 3. The predicted molar refractivity (Wildman–Crippen MR) is 106 cm³/mol. The molecule has 1 atom stereocenters. The quantitative estimate of drug-likeness (QED) is 0.808. The van der Waals surface area contributed by atoms with E-state index in [0.29, 0.717) is 31.5 Å². The number of piperidine rings is 1. The van der Waals surface area contributed by atoms with Crippen LogP contribution in [0.25, 0.3) is 11.1 Å². The molecule has 4 amide bonds. The van der Waals surface area contributed by atoms with Gasteiger partial charge < -0.3 is 10.2 Å². The number of nitrogens with one attached hydrogen (secondary N) is 2. The second-order valence-corrected chi connectivity index (χ2v) is 7.62. The lowest BCUT2D eigenvalue weighted by Crippen LogP contribution is -2.54. The van der Waals surface area contributed by atoms with E-state index in [1.807, 2.05) is 59.5 Å². The monoisotopic (exact) mass is 377 g/mol. The molecule has 6 heteroatoms. The largest absolute Gasteiger partial charge is 0.339 e. The van der Waals surface area contributed by atoms with E-state index in [1.165, 1.54) is 0 Å². The molecule has 2 aliphatic rings. The molecule has 0 saturated carbocycles. The standard InChI is InChI=1S/C22H23N3O3/c1-22(20(27)23-21(28)24-22)18-11-13-25(14-12-18)19(26)17-9-7-16(8-10-17)15-5-3-2-4-6-15/h2-10,18H,11-14H2,1H3,(H2,23,24,27,28)/t22-/m1/s1. The number of carbonyl (C=O) groups excluding carboxylic acids is 3. The zero-order chi connectivity index (χ0) is 19.7. The Hall–Kier alpha value is -3.15. The third-order valence-corrected chi connectivity index (χ3v) is 5.91. The third kappa shape index (κ3) is 3.26. The van der Waals surface area contributed by atoms with Crippen LogP contribution in [0.5, 0.6) is 0 Å². The number of likely N-dealkylation sites (tertiary alicyclic amines) is 1. The first-order valence-electron chi connectivity index (χ1n) is 9.56. The number of urea groups is 1. The summed E-state index contributed by atoms with van der Waals surface area (Å²) in [6, 6.07) is 17.3. The Morgan fingerprint density at radius 2 is 1.57 bits per heavy atom. The molecule has 4 rings (SSSR count). The van der Waals surface area contributed by atoms with Gasteiger partial charge in [0.05, 0.1) is 0 Å². The fraction of sp³-hybridized carbons (Fsp3) is 0.318. The Balaban J connectivity index is 1.40. The third-order valence-electron chi connectivity index (χ3n) is 5.91. The topological polar surface area (TPSA) is 78.5 Å². The SMILES string of the molecule is C[C@]1(C2CCN(C(=O)c3ccc(-c4ccccc4)cc3)CC2)NC(=O)NC1=O. The summed E-state index contributed by atoms with van der Waals surface area (Å²) in [6.07, 6.45) is 1.36. The Morgan fingerprint density at radius 1 is 0.964 bits per heavy atom. The molecule has 2 heterocycles. The summed E-state index contributed by atoms with van der Waals surface area (Å²) < 4.78 is 0. The van der Waals surface area contributed by atoms with Crippen LogP contribution in [0.15, 0.2) is 54.6 Å². The van der Waals surface area contributed by atoms with Crippen molar-refractivity contribution in [2.75, 3.05) is 13.1 Å². The van der Waals surface area contributed by atoms with Gasteiger partial charge in [0.15, 0.2) is 0 Å². The molecule has 0 aliphatic carbocycles.